The number of carbonyl (C=O) groups is 2. The minimum atomic E-state index is -0.0924. The SMILES string of the molecule is Cc1cccc(C(=O)NCCNC(=O)CCC2CCCCC2)c1. The zero-order valence-electron chi connectivity index (χ0n) is 14.1. The van der Waals surface area contributed by atoms with Gasteiger partial charge in [-0.3, -0.25) is 9.59 Å². The highest BCUT2D eigenvalue weighted by atomic mass is 16.2. The lowest BCUT2D eigenvalue weighted by atomic mass is 9.86. The zero-order chi connectivity index (χ0) is 16.5. The van der Waals surface area contributed by atoms with Crippen LogP contribution in [0.25, 0.3) is 0 Å². The number of rotatable bonds is 7. The minimum Gasteiger partial charge on any atom is -0.354 e. The van der Waals surface area contributed by atoms with E-state index in [0.29, 0.717) is 25.1 Å². The number of hydrogen-bond acceptors (Lipinski definition) is 2. The second-order valence-corrected chi connectivity index (χ2v) is 6.52. The lowest BCUT2D eigenvalue weighted by Gasteiger charge is -2.20. The van der Waals surface area contributed by atoms with Crippen LogP contribution in [-0.4, -0.2) is 24.9 Å². The molecule has 0 heterocycles. The van der Waals surface area contributed by atoms with Crippen molar-refractivity contribution in [2.24, 2.45) is 5.92 Å². The Morgan fingerprint density at radius 3 is 2.57 bits per heavy atom. The van der Waals surface area contributed by atoms with Crippen LogP contribution in [0.15, 0.2) is 24.3 Å². The number of aryl methyl sites for hydroxylation is 1. The zero-order valence-corrected chi connectivity index (χ0v) is 14.1. The van der Waals surface area contributed by atoms with E-state index in [2.05, 4.69) is 10.6 Å². The fourth-order valence-corrected chi connectivity index (χ4v) is 3.17. The van der Waals surface area contributed by atoms with Gasteiger partial charge in [0.25, 0.3) is 5.91 Å². The summed E-state index contributed by atoms with van der Waals surface area (Å²) >= 11 is 0. The van der Waals surface area contributed by atoms with Crippen LogP contribution in [0.3, 0.4) is 0 Å². The first-order chi connectivity index (χ1) is 11.1. The summed E-state index contributed by atoms with van der Waals surface area (Å²) in [7, 11) is 0. The first kappa shape index (κ1) is 17.5. The fraction of sp³-hybridized carbons (Fsp3) is 0.579. The smallest absolute Gasteiger partial charge is 0.251 e. The summed E-state index contributed by atoms with van der Waals surface area (Å²) in [6, 6.07) is 7.49. The molecule has 1 aromatic rings. The molecule has 2 N–H and O–H groups in total. The van der Waals surface area contributed by atoms with E-state index < -0.39 is 0 Å². The van der Waals surface area contributed by atoms with Crippen molar-refractivity contribution in [3.63, 3.8) is 0 Å². The molecule has 4 heteroatoms. The lowest BCUT2D eigenvalue weighted by Crippen LogP contribution is -2.34. The molecule has 0 atom stereocenters. The summed E-state index contributed by atoms with van der Waals surface area (Å²) in [4.78, 5) is 23.8. The van der Waals surface area contributed by atoms with Gasteiger partial charge in [0.15, 0.2) is 0 Å². The van der Waals surface area contributed by atoms with Gasteiger partial charge in [0.1, 0.15) is 0 Å². The lowest BCUT2D eigenvalue weighted by molar-refractivity contribution is -0.121. The molecule has 0 saturated heterocycles. The quantitative estimate of drug-likeness (QED) is 0.759. The summed E-state index contributed by atoms with van der Waals surface area (Å²) in [6.07, 6.45) is 8.15. The second kappa shape index (κ2) is 9.33. The third-order valence-electron chi connectivity index (χ3n) is 4.52. The van der Waals surface area contributed by atoms with Crippen molar-refractivity contribution in [1.82, 2.24) is 10.6 Å². The van der Waals surface area contributed by atoms with Gasteiger partial charge in [-0.1, -0.05) is 49.8 Å². The molecule has 0 bridgehead atoms. The van der Waals surface area contributed by atoms with Crippen LogP contribution in [-0.2, 0) is 4.79 Å². The summed E-state index contributed by atoms with van der Waals surface area (Å²) < 4.78 is 0. The van der Waals surface area contributed by atoms with E-state index in [9.17, 15) is 9.59 Å². The molecule has 0 aliphatic heterocycles. The molecule has 1 aliphatic rings. The molecule has 1 fully saturated rings. The van der Waals surface area contributed by atoms with Crippen LogP contribution in [0.4, 0.5) is 0 Å². The van der Waals surface area contributed by atoms with E-state index in [1.54, 1.807) is 6.07 Å². The van der Waals surface area contributed by atoms with E-state index in [4.69, 9.17) is 0 Å². The van der Waals surface area contributed by atoms with Crippen molar-refractivity contribution in [3.8, 4) is 0 Å². The Morgan fingerprint density at radius 2 is 1.83 bits per heavy atom. The van der Waals surface area contributed by atoms with Gasteiger partial charge in [-0.05, 0) is 31.4 Å². The van der Waals surface area contributed by atoms with E-state index in [1.807, 2.05) is 25.1 Å². The summed E-state index contributed by atoms with van der Waals surface area (Å²) in [5.74, 6) is 0.737. The number of hydrogen-bond donors (Lipinski definition) is 2. The molecule has 1 aromatic carbocycles. The van der Waals surface area contributed by atoms with Gasteiger partial charge < -0.3 is 10.6 Å². The molecule has 23 heavy (non-hydrogen) atoms. The van der Waals surface area contributed by atoms with Crippen LogP contribution >= 0.6 is 0 Å². The van der Waals surface area contributed by atoms with E-state index in [0.717, 1.165) is 17.9 Å². The fourth-order valence-electron chi connectivity index (χ4n) is 3.17. The molecule has 0 spiro atoms. The number of benzene rings is 1. The Hall–Kier alpha value is -1.84. The largest absolute Gasteiger partial charge is 0.354 e. The standard InChI is InChI=1S/C19H28N2O2/c1-15-6-5-9-17(14-15)19(23)21-13-12-20-18(22)11-10-16-7-3-2-4-8-16/h5-6,9,14,16H,2-4,7-8,10-13H2,1H3,(H,20,22)(H,21,23). The minimum absolute atomic E-state index is 0.0924. The Labute approximate surface area is 139 Å². The van der Waals surface area contributed by atoms with E-state index in [1.165, 1.54) is 32.1 Å². The Kier molecular flexibility index (Phi) is 7.11. The molecular formula is C19H28N2O2. The third-order valence-corrected chi connectivity index (χ3v) is 4.52. The van der Waals surface area contributed by atoms with Crippen LogP contribution in [0.5, 0.6) is 0 Å². The number of carbonyl (C=O) groups excluding carboxylic acids is 2. The van der Waals surface area contributed by atoms with Crippen molar-refractivity contribution in [2.45, 2.75) is 51.9 Å². The average molecular weight is 316 g/mol. The predicted octanol–water partition coefficient (Wildman–Crippen LogP) is 3.20. The van der Waals surface area contributed by atoms with Gasteiger partial charge >= 0.3 is 0 Å². The van der Waals surface area contributed by atoms with Crippen molar-refractivity contribution in [3.05, 3.63) is 35.4 Å². The first-order valence-corrected chi connectivity index (χ1v) is 8.77. The molecule has 0 unspecified atom stereocenters. The molecule has 1 saturated carbocycles. The van der Waals surface area contributed by atoms with E-state index in [-0.39, 0.29) is 11.8 Å². The normalized spacial score (nSPS) is 15.2. The maximum absolute atomic E-state index is 11.9. The molecular weight excluding hydrogens is 288 g/mol. The second-order valence-electron chi connectivity index (χ2n) is 6.52. The number of amides is 2. The average Bonchev–Trinajstić information content (AvgIpc) is 2.57. The molecule has 2 rings (SSSR count). The Morgan fingerprint density at radius 1 is 1.09 bits per heavy atom. The molecule has 4 nitrogen and oxygen atoms in total. The van der Waals surface area contributed by atoms with Gasteiger partial charge in [-0.2, -0.15) is 0 Å². The van der Waals surface area contributed by atoms with Crippen LogP contribution in [0, 0.1) is 12.8 Å². The first-order valence-electron chi connectivity index (χ1n) is 8.77. The Balaban J connectivity index is 1.57. The van der Waals surface area contributed by atoms with Gasteiger partial charge in [0.05, 0.1) is 0 Å². The summed E-state index contributed by atoms with van der Waals surface area (Å²) in [5, 5.41) is 5.72. The molecule has 2 amide bonds. The molecule has 0 aromatic heterocycles. The maximum Gasteiger partial charge on any atom is 0.251 e. The topological polar surface area (TPSA) is 58.2 Å². The maximum atomic E-state index is 11.9. The van der Waals surface area contributed by atoms with Crippen LogP contribution in [0.1, 0.15) is 60.9 Å². The molecule has 126 valence electrons. The van der Waals surface area contributed by atoms with Crippen molar-refractivity contribution >= 4 is 11.8 Å². The van der Waals surface area contributed by atoms with Gasteiger partial charge in [-0.15, -0.1) is 0 Å². The summed E-state index contributed by atoms with van der Waals surface area (Å²) in [5.41, 5.74) is 1.72. The highest BCUT2D eigenvalue weighted by Gasteiger charge is 2.14. The molecule has 1 aliphatic carbocycles. The van der Waals surface area contributed by atoms with Gasteiger partial charge in [0.2, 0.25) is 5.91 Å². The molecule has 0 radical (unpaired) electrons. The van der Waals surface area contributed by atoms with Crippen molar-refractivity contribution in [1.29, 1.82) is 0 Å². The van der Waals surface area contributed by atoms with E-state index >= 15 is 0 Å². The van der Waals surface area contributed by atoms with Crippen LogP contribution in [0.2, 0.25) is 0 Å². The number of nitrogens with one attached hydrogen (secondary N) is 2. The Bertz CT molecular complexity index is 522. The van der Waals surface area contributed by atoms with Gasteiger partial charge in [-0.25, -0.2) is 0 Å². The monoisotopic (exact) mass is 316 g/mol. The van der Waals surface area contributed by atoms with Crippen molar-refractivity contribution in [2.75, 3.05) is 13.1 Å². The highest BCUT2D eigenvalue weighted by molar-refractivity contribution is 5.94. The third kappa shape index (κ3) is 6.43. The highest BCUT2D eigenvalue weighted by Crippen LogP contribution is 2.27. The summed E-state index contributed by atoms with van der Waals surface area (Å²) in [6.45, 7) is 2.91. The van der Waals surface area contributed by atoms with Crippen molar-refractivity contribution < 1.29 is 9.59 Å². The predicted molar refractivity (Wildman–Crippen MR) is 92.3 cm³/mol. The van der Waals surface area contributed by atoms with Gasteiger partial charge in [0, 0.05) is 25.1 Å². The van der Waals surface area contributed by atoms with Crippen LogP contribution < -0.4 is 10.6 Å².